The average molecular weight is 517 g/mol. The van der Waals surface area contributed by atoms with Crippen molar-refractivity contribution < 1.29 is 9.53 Å². The number of fused-ring (bicyclic) bond motifs is 3. The van der Waals surface area contributed by atoms with Gasteiger partial charge in [-0.3, -0.25) is 9.59 Å². The van der Waals surface area contributed by atoms with Crippen molar-refractivity contribution in [3.8, 4) is 0 Å². The van der Waals surface area contributed by atoms with E-state index in [9.17, 15) is 9.59 Å². The summed E-state index contributed by atoms with van der Waals surface area (Å²) in [7, 11) is 9.18. The number of carbonyl (C=O) groups is 1. The van der Waals surface area contributed by atoms with Gasteiger partial charge in [-0.05, 0) is 36.1 Å². The molecule has 3 unspecified atom stereocenters. The van der Waals surface area contributed by atoms with Crippen molar-refractivity contribution in [2.45, 2.75) is 24.5 Å². The Morgan fingerprint density at radius 3 is 2.61 bits per heavy atom. The van der Waals surface area contributed by atoms with Gasteiger partial charge in [0.15, 0.2) is 0 Å². The molecule has 0 aliphatic carbocycles. The molecule has 1 amide bonds. The highest BCUT2D eigenvalue weighted by molar-refractivity contribution is 9.10. The highest BCUT2D eigenvalue weighted by Gasteiger charge is 2.38. The maximum Gasteiger partial charge on any atom is 0.256 e. The van der Waals surface area contributed by atoms with Crippen LogP contribution in [-0.2, 0) is 21.0 Å². The Balaban J connectivity index is 1.81. The zero-order chi connectivity index (χ0) is 22.5. The number of nitrogens with one attached hydrogen (secondary N) is 1. The minimum atomic E-state index is -0.877. The fourth-order valence-electron chi connectivity index (χ4n) is 4.10. The lowest BCUT2D eigenvalue weighted by atomic mass is 9.86. The fourth-order valence-corrected chi connectivity index (χ4v) is 5.16. The number of aromatic amines is 1. The number of ether oxygens (including phenoxy) is 1. The zero-order valence-electron chi connectivity index (χ0n) is 17.7. The van der Waals surface area contributed by atoms with Gasteiger partial charge in [-0.2, -0.15) is 0 Å². The Morgan fingerprint density at radius 2 is 1.94 bits per heavy atom. The molecule has 1 aliphatic rings. The van der Waals surface area contributed by atoms with Crippen LogP contribution in [0.15, 0.2) is 45.7 Å². The molecule has 3 aromatic rings. The van der Waals surface area contributed by atoms with Crippen LogP contribution in [0.25, 0.3) is 10.8 Å². The van der Waals surface area contributed by atoms with E-state index in [1.54, 1.807) is 11.9 Å². The van der Waals surface area contributed by atoms with Crippen molar-refractivity contribution >= 4 is 64.4 Å². The quantitative estimate of drug-likeness (QED) is 0.430. The number of aromatic nitrogens is 1. The number of amides is 1. The van der Waals surface area contributed by atoms with Crippen molar-refractivity contribution in [2.75, 3.05) is 13.7 Å². The summed E-state index contributed by atoms with van der Waals surface area (Å²) in [5, 5.41) is 1.53. The first kappa shape index (κ1) is 22.7. The first-order valence-corrected chi connectivity index (χ1v) is 11.9. The lowest BCUT2D eigenvalue weighted by molar-refractivity contribution is -0.134. The number of carbonyl (C=O) groups excluding carboxylic acids is 1. The van der Waals surface area contributed by atoms with E-state index in [1.807, 2.05) is 45.1 Å². The highest BCUT2D eigenvalue weighted by Crippen LogP contribution is 2.43. The van der Waals surface area contributed by atoms with Gasteiger partial charge in [0.1, 0.15) is 12.7 Å². The summed E-state index contributed by atoms with van der Waals surface area (Å²) in [4.78, 5) is 30.2. The number of benzene rings is 2. The zero-order valence-corrected chi connectivity index (χ0v) is 21.6. The van der Waals surface area contributed by atoms with Crippen LogP contribution in [0.1, 0.15) is 28.4 Å². The molecule has 0 saturated heterocycles. The number of aryl methyl sites for hydroxylation is 1. The SMILES string of the molecule is Bc1cc2c3c([nH]c(=O)c2cc1C)COCC3N(C)C(=O)C(P)(P)c1ccc(Br)cc1. The van der Waals surface area contributed by atoms with Crippen molar-refractivity contribution in [2.24, 2.45) is 0 Å². The van der Waals surface area contributed by atoms with Gasteiger partial charge in [0.2, 0.25) is 5.91 Å². The van der Waals surface area contributed by atoms with Gasteiger partial charge in [-0.1, -0.05) is 45.2 Å². The Hall–Kier alpha value is -1.52. The third kappa shape index (κ3) is 4.02. The van der Waals surface area contributed by atoms with Crippen molar-refractivity contribution in [1.82, 2.24) is 9.88 Å². The Kier molecular flexibility index (Phi) is 6.17. The first-order chi connectivity index (χ1) is 14.6. The monoisotopic (exact) mass is 516 g/mol. The van der Waals surface area contributed by atoms with Crippen molar-refractivity contribution in [3.63, 3.8) is 0 Å². The lowest BCUT2D eigenvalue weighted by Crippen LogP contribution is -2.43. The average Bonchev–Trinajstić information content (AvgIpc) is 2.74. The number of likely N-dealkylation sites (N-methyl/N-ethyl adjacent to an activating group) is 1. The summed E-state index contributed by atoms with van der Waals surface area (Å²) < 4.78 is 6.75. The van der Waals surface area contributed by atoms with Crippen LogP contribution in [0.5, 0.6) is 0 Å². The summed E-state index contributed by atoms with van der Waals surface area (Å²) in [5.74, 6) is -0.0746. The van der Waals surface area contributed by atoms with Crippen LogP contribution in [0.3, 0.4) is 0 Å². The van der Waals surface area contributed by atoms with Gasteiger partial charge < -0.3 is 14.6 Å². The molecule has 3 atom stereocenters. The summed E-state index contributed by atoms with van der Waals surface area (Å²) in [6.07, 6.45) is 0. The van der Waals surface area contributed by atoms with E-state index in [1.165, 1.54) is 0 Å². The van der Waals surface area contributed by atoms with Gasteiger partial charge in [0, 0.05) is 28.2 Å². The molecule has 1 aromatic heterocycles. The first-order valence-electron chi connectivity index (χ1n) is 9.96. The van der Waals surface area contributed by atoms with Gasteiger partial charge in [-0.25, -0.2) is 0 Å². The third-order valence-electron chi connectivity index (χ3n) is 6.08. The van der Waals surface area contributed by atoms with Crippen LogP contribution < -0.4 is 11.0 Å². The predicted octanol–water partition coefficient (Wildman–Crippen LogP) is 2.49. The second-order valence-electron chi connectivity index (χ2n) is 8.15. The minimum Gasteiger partial charge on any atom is -0.373 e. The molecule has 5 nitrogen and oxygen atoms in total. The van der Waals surface area contributed by atoms with E-state index in [4.69, 9.17) is 4.74 Å². The van der Waals surface area contributed by atoms with E-state index >= 15 is 0 Å². The number of hydrogen-bond donors (Lipinski definition) is 1. The molecular weight excluding hydrogens is 493 g/mol. The molecule has 4 rings (SSSR count). The van der Waals surface area contributed by atoms with Crippen LogP contribution in [0.4, 0.5) is 0 Å². The van der Waals surface area contributed by atoms with Crippen LogP contribution in [-0.4, -0.2) is 37.3 Å². The van der Waals surface area contributed by atoms with Gasteiger partial charge in [0.25, 0.3) is 5.56 Å². The fraction of sp³-hybridized carbons (Fsp3) is 0.273. The molecule has 2 aromatic carbocycles. The second-order valence-corrected chi connectivity index (χ2v) is 11.6. The van der Waals surface area contributed by atoms with E-state index in [0.717, 1.165) is 37.7 Å². The molecule has 0 spiro atoms. The molecule has 31 heavy (non-hydrogen) atoms. The third-order valence-corrected chi connectivity index (χ3v) is 7.77. The normalized spacial score (nSPS) is 16.2. The highest BCUT2D eigenvalue weighted by atomic mass is 79.9. The van der Waals surface area contributed by atoms with E-state index in [2.05, 4.69) is 45.5 Å². The Bertz CT molecular complexity index is 1240. The minimum absolute atomic E-state index is 0.0746. The molecule has 0 saturated carbocycles. The molecule has 2 heterocycles. The number of hydrogen-bond acceptors (Lipinski definition) is 3. The standard InChI is InChI=1S/C22H24BBrN2O3P2/c1-11-7-15-14(8-16(11)23)19-17(25-20(15)27)9-29-10-18(19)26(2)21(28)22(30,31)12-3-5-13(24)6-4-12/h3-8,18H,9-10,23,30-31H2,1-2H3,(H,25,27). The van der Waals surface area contributed by atoms with Crippen molar-refractivity contribution in [1.29, 1.82) is 0 Å². The number of H-pyrrole nitrogens is 1. The summed E-state index contributed by atoms with van der Waals surface area (Å²) >= 11 is 3.44. The molecule has 9 heteroatoms. The van der Waals surface area contributed by atoms with Gasteiger partial charge in [0.05, 0.1) is 19.3 Å². The number of rotatable bonds is 3. The van der Waals surface area contributed by atoms with Crippen LogP contribution in [0, 0.1) is 6.92 Å². The molecular formula is C22H24BBrN2O3P2. The smallest absolute Gasteiger partial charge is 0.256 e. The lowest BCUT2D eigenvalue weighted by Gasteiger charge is -2.38. The molecule has 0 bridgehead atoms. The largest absolute Gasteiger partial charge is 0.373 e. The molecule has 1 aliphatic heterocycles. The van der Waals surface area contributed by atoms with E-state index in [-0.39, 0.29) is 17.5 Å². The second kappa shape index (κ2) is 8.44. The summed E-state index contributed by atoms with van der Waals surface area (Å²) in [6, 6.07) is 11.4. The van der Waals surface area contributed by atoms with Crippen LogP contribution in [0.2, 0.25) is 0 Å². The van der Waals surface area contributed by atoms with Gasteiger partial charge >= 0.3 is 0 Å². The number of pyridine rings is 1. The molecule has 0 fully saturated rings. The molecule has 160 valence electrons. The molecule has 1 N–H and O–H groups in total. The molecule has 0 radical (unpaired) electrons. The van der Waals surface area contributed by atoms with E-state index < -0.39 is 4.90 Å². The maximum absolute atomic E-state index is 13.6. The maximum atomic E-state index is 13.6. The van der Waals surface area contributed by atoms with E-state index in [0.29, 0.717) is 18.6 Å². The predicted molar refractivity (Wildman–Crippen MR) is 138 cm³/mol. The van der Waals surface area contributed by atoms with Crippen molar-refractivity contribution in [3.05, 3.63) is 73.6 Å². The summed E-state index contributed by atoms with van der Waals surface area (Å²) in [5.41, 5.74) is 4.62. The number of halogens is 1. The summed E-state index contributed by atoms with van der Waals surface area (Å²) in [6.45, 7) is 2.69. The van der Waals surface area contributed by atoms with Gasteiger partial charge in [-0.15, -0.1) is 18.5 Å². The Morgan fingerprint density at radius 1 is 1.26 bits per heavy atom. The topological polar surface area (TPSA) is 62.4 Å². The van der Waals surface area contributed by atoms with Crippen LogP contribution >= 0.6 is 34.4 Å². The Labute approximate surface area is 195 Å². The number of nitrogens with zero attached hydrogens (tertiary/aromatic N) is 1.